The summed E-state index contributed by atoms with van der Waals surface area (Å²) in [5.74, 6) is 0.217. The van der Waals surface area contributed by atoms with E-state index in [1.54, 1.807) is 42.5 Å². The molecule has 1 aliphatic heterocycles. The summed E-state index contributed by atoms with van der Waals surface area (Å²) in [4.78, 5) is 31.8. The first-order chi connectivity index (χ1) is 15.5. The second kappa shape index (κ2) is 10.8. The van der Waals surface area contributed by atoms with Crippen molar-refractivity contribution in [2.45, 2.75) is 32.2 Å². The van der Waals surface area contributed by atoms with Crippen molar-refractivity contribution in [2.75, 3.05) is 47.4 Å². The van der Waals surface area contributed by atoms with Crippen LogP contribution in [0.4, 0.5) is 0 Å². The molecule has 1 N–H and O–H groups in total. The van der Waals surface area contributed by atoms with Gasteiger partial charge in [-0.25, -0.2) is 0 Å². The fourth-order valence-corrected chi connectivity index (χ4v) is 5.22. The summed E-state index contributed by atoms with van der Waals surface area (Å²) in [5.41, 5.74) is 1.15. The maximum atomic E-state index is 13.5. The van der Waals surface area contributed by atoms with Crippen molar-refractivity contribution in [1.82, 2.24) is 15.1 Å². The highest BCUT2D eigenvalue weighted by molar-refractivity contribution is 7.10. The summed E-state index contributed by atoms with van der Waals surface area (Å²) in [7, 11) is 4.85. The quantitative estimate of drug-likeness (QED) is 0.551. The van der Waals surface area contributed by atoms with Crippen molar-refractivity contribution >= 4 is 23.2 Å². The van der Waals surface area contributed by atoms with Gasteiger partial charge in [0, 0.05) is 24.0 Å². The molecule has 2 atom stereocenters. The number of thiophene rings is 1. The van der Waals surface area contributed by atoms with Gasteiger partial charge in [0.15, 0.2) is 11.5 Å². The summed E-state index contributed by atoms with van der Waals surface area (Å²) in [5, 5.41) is 5.09. The summed E-state index contributed by atoms with van der Waals surface area (Å²) in [6.07, 6.45) is 0.872. The third-order valence-corrected chi connectivity index (χ3v) is 7.08. The summed E-state index contributed by atoms with van der Waals surface area (Å²) < 4.78 is 10.9. The Kier molecular flexibility index (Phi) is 8.15. The van der Waals surface area contributed by atoms with Crippen LogP contribution in [0.3, 0.4) is 0 Å². The van der Waals surface area contributed by atoms with Gasteiger partial charge in [-0.3, -0.25) is 9.59 Å². The van der Waals surface area contributed by atoms with Crippen LogP contribution in [0.5, 0.6) is 11.5 Å². The van der Waals surface area contributed by atoms with E-state index in [1.807, 2.05) is 17.5 Å². The van der Waals surface area contributed by atoms with Gasteiger partial charge < -0.3 is 24.6 Å². The van der Waals surface area contributed by atoms with Gasteiger partial charge in [-0.1, -0.05) is 19.9 Å². The summed E-state index contributed by atoms with van der Waals surface area (Å²) in [6.45, 7) is 7.79. The highest BCUT2D eigenvalue weighted by Crippen LogP contribution is 2.46. The second-order valence-electron chi connectivity index (χ2n) is 7.82. The minimum Gasteiger partial charge on any atom is -0.493 e. The maximum absolute atomic E-state index is 13.5. The molecule has 1 aliphatic rings. The van der Waals surface area contributed by atoms with Crippen LogP contribution in [0.25, 0.3) is 0 Å². The molecule has 0 bridgehead atoms. The van der Waals surface area contributed by atoms with Crippen molar-refractivity contribution in [3.05, 3.63) is 45.6 Å². The molecule has 2 aromatic rings. The molecule has 3 rings (SSSR count). The number of fused-ring (bicyclic) bond motifs is 1. The molecule has 32 heavy (non-hydrogen) atoms. The molecule has 174 valence electrons. The van der Waals surface area contributed by atoms with Crippen LogP contribution in [0.1, 0.15) is 53.0 Å². The van der Waals surface area contributed by atoms with E-state index in [4.69, 9.17) is 9.47 Å². The van der Waals surface area contributed by atoms with Crippen molar-refractivity contribution in [3.63, 3.8) is 0 Å². The molecule has 1 aromatic carbocycles. The van der Waals surface area contributed by atoms with E-state index >= 15 is 0 Å². The van der Waals surface area contributed by atoms with Gasteiger partial charge in [-0.2, -0.15) is 0 Å². The van der Waals surface area contributed by atoms with Crippen molar-refractivity contribution in [3.8, 4) is 11.5 Å². The van der Waals surface area contributed by atoms with Crippen molar-refractivity contribution < 1.29 is 19.1 Å². The molecule has 0 saturated heterocycles. The number of amides is 2. The lowest BCUT2D eigenvalue weighted by Crippen LogP contribution is -2.45. The van der Waals surface area contributed by atoms with E-state index in [2.05, 4.69) is 24.1 Å². The number of hydrogen-bond acceptors (Lipinski definition) is 6. The molecule has 0 aliphatic carbocycles. The number of ether oxygens (including phenoxy) is 2. The first kappa shape index (κ1) is 24.1. The van der Waals surface area contributed by atoms with Crippen LogP contribution in [-0.4, -0.2) is 69.1 Å². The number of likely N-dealkylation sites (N-methyl/N-ethyl adjacent to an activating group) is 1. The fourth-order valence-electron chi connectivity index (χ4n) is 4.31. The van der Waals surface area contributed by atoms with Gasteiger partial charge in [0.1, 0.15) is 0 Å². The fraction of sp³-hybridized carbons (Fsp3) is 0.500. The molecule has 0 saturated carbocycles. The molecular formula is C24H33N3O4S. The van der Waals surface area contributed by atoms with Gasteiger partial charge in [-0.05, 0) is 55.2 Å². The van der Waals surface area contributed by atoms with Crippen LogP contribution >= 0.6 is 11.3 Å². The normalized spacial score (nSPS) is 17.9. The zero-order valence-corrected chi connectivity index (χ0v) is 20.3. The van der Waals surface area contributed by atoms with Crippen LogP contribution in [-0.2, 0) is 4.79 Å². The molecular weight excluding hydrogens is 426 g/mol. The number of methoxy groups -OCH3 is 2. The Hall–Kier alpha value is -2.58. The Balaban J connectivity index is 1.95. The highest BCUT2D eigenvalue weighted by atomic mass is 32.1. The standard InChI is InChI=1S/C24H33N3O4S/c1-6-27(7-2)12-9-11-25-23(28)21-16-14-18(30-4)19(31-5)15-17(16)24(29)26(3)22(21)20-10-8-13-32-20/h8,10,13-15,21-22H,6-7,9,11-12H2,1-5H3,(H,25,28)/t21-,22-/m0/s1. The lowest BCUT2D eigenvalue weighted by Gasteiger charge is -2.39. The van der Waals surface area contributed by atoms with Crippen LogP contribution in [0, 0.1) is 0 Å². The predicted octanol–water partition coefficient (Wildman–Crippen LogP) is 3.52. The zero-order chi connectivity index (χ0) is 23.3. The van der Waals surface area contributed by atoms with Gasteiger partial charge in [0.2, 0.25) is 5.91 Å². The Morgan fingerprint density at radius 3 is 2.47 bits per heavy atom. The largest absolute Gasteiger partial charge is 0.493 e. The minimum absolute atomic E-state index is 0.0873. The highest BCUT2D eigenvalue weighted by Gasteiger charge is 2.43. The average molecular weight is 460 g/mol. The number of hydrogen-bond donors (Lipinski definition) is 1. The first-order valence-electron chi connectivity index (χ1n) is 11.0. The maximum Gasteiger partial charge on any atom is 0.254 e. The smallest absolute Gasteiger partial charge is 0.254 e. The van der Waals surface area contributed by atoms with Crippen molar-refractivity contribution in [2.24, 2.45) is 0 Å². The molecule has 0 spiro atoms. The molecule has 0 radical (unpaired) electrons. The van der Waals surface area contributed by atoms with E-state index in [0.717, 1.165) is 30.9 Å². The molecule has 0 fully saturated rings. The minimum atomic E-state index is -0.542. The van der Waals surface area contributed by atoms with E-state index in [9.17, 15) is 9.59 Å². The Bertz CT molecular complexity index is 928. The summed E-state index contributed by atoms with van der Waals surface area (Å²) >= 11 is 1.55. The molecule has 1 aromatic heterocycles. The first-order valence-corrected chi connectivity index (χ1v) is 11.9. The van der Waals surface area contributed by atoms with E-state index in [0.29, 0.717) is 29.2 Å². The van der Waals surface area contributed by atoms with Gasteiger partial charge in [0.25, 0.3) is 5.91 Å². The van der Waals surface area contributed by atoms with Gasteiger partial charge >= 0.3 is 0 Å². The van der Waals surface area contributed by atoms with E-state index in [1.165, 1.54) is 7.11 Å². The second-order valence-corrected chi connectivity index (χ2v) is 8.80. The van der Waals surface area contributed by atoms with Crippen LogP contribution in [0.15, 0.2) is 29.6 Å². The third-order valence-electron chi connectivity index (χ3n) is 6.14. The number of benzene rings is 1. The van der Waals surface area contributed by atoms with Crippen LogP contribution in [0.2, 0.25) is 0 Å². The van der Waals surface area contributed by atoms with Crippen LogP contribution < -0.4 is 14.8 Å². The number of carbonyl (C=O) groups excluding carboxylic acids is 2. The number of nitrogens with zero attached hydrogens (tertiary/aromatic N) is 2. The molecule has 0 unspecified atom stereocenters. The van der Waals surface area contributed by atoms with Crippen molar-refractivity contribution in [1.29, 1.82) is 0 Å². The SMILES string of the molecule is CCN(CC)CCCNC(=O)[C@H]1c2cc(OC)c(OC)cc2C(=O)N(C)[C@H]1c1cccs1. The summed E-state index contributed by atoms with van der Waals surface area (Å²) in [6, 6.07) is 7.00. The van der Waals surface area contributed by atoms with E-state index < -0.39 is 5.92 Å². The lowest BCUT2D eigenvalue weighted by atomic mass is 9.81. The zero-order valence-electron chi connectivity index (χ0n) is 19.5. The van der Waals surface area contributed by atoms with Gasteiger partial charge in [-0.15, -0.1) is 11.3 Å². The molecule has 2 heterocycles. The average Bonchev–Trinajstić information content (AvgIpc) is 3.34. The molecule has 2 amide bonds. The lowest BCUT2D eigenvalue weighted by molar-refractivity contribution is -0.124. The van der Waals surface area contributed by atoms with E-state index in [-0.39, 0.29) is 17.9 Å². The molecule has 7 nitrogen and oxygen atoms in total. The number of rotatable bonds is 10. The Morgan fingerprint density at radius 1 is 1.19 bits per heavy atom. The third kappa shape index (κ3) is 4.76. The molecule has 8 heteroatoms. The monoisotopic (exact) mass is 459 g/mol. The predicted molar refractivity (Wildman–Crippen MR) is 127 cm³/mol. The Morgan fingerprint density at radius 2 is 1.88 bits per heavy atom. The Labute approximate surface area is 194 Å². The van der Waals surface area contributed by atoms with Gasteiger partial charge in [0.05, 0.1) is 26.2 Å². The number of carbonyl (C=O) groups is 2. The number of nitrogens with one attached hydrogen (secondary N) is 1. The topological polar surface area (TPSA) is 71.1 Å².